The Morgan fingerprint density at radius 3 is 2.32 bits per heavy atom. The normalized spacial score (nSPS) is 15.9. The van der Waals surface area contributed by atoms with Crippen molar-refractivity contribution < 1.29 is 8.42 Å². The van der Waals surface area contributed by atoms with Crippen molar-refractivity contribution in [3.8, 4) is 6.07 Å². The van der Waals surface area contributed by atoms with Gasteiger partial charge in [0, 0.05) is 0 Å². The highest BCUT2D eigenvalue weighted by atomic mass is 32.2. The van der Waals surface area contributed by atoms with Gasteiger partial charge in [-0.25, -0.2) is 8.42 Å². The van der Waals surface area contributed by atoms with E-state index in [2.05, 4.69) is 0 Å². The number of hydrogen-bond acceptors (Lipinski definition) is 5. The van der Waals surface area contributed by atoms with Crippen molar-refractivity contribution in [3.05, 3.63) is 39.0 Å². The Balaban J connectivity index is 2.48. The van der Waals surface area contributed by atoms with Gasteiger partial charge >= 0.3 is 0 Å². The summed E-state index contributed by atoms with van der Waals surface area (Å²) in [7, 11) is -3.69. The number of rotatable bonds is 2. The van der Waals surface area contributed by atoms with Gasteiger partial charge in [-0.05, 0) is 37.0 Å². The lowest BCUT2D eigenvalue weighted by Gasteiger charge is -2.14. The Morgan fingerprint density at radius 1 is 1.21 bits per heavy atom. The molecule has 1 fully saturated rings. The summed E-state index contributed by atoms with van der Waals surface area (Å²) in [6.45, 7) is 1.90. The third-order valence-corrected chi connectivity index (χ3v) is 7.25. The van der Waals surface area contributed by atoms with Gasteiger partial charge in [-0.1, -0.05) is 17.7 Å². The quantitative estimate of drug-likeness (QED) is 0.784. The number of hydrogen-bond donors (Lipinski definition) is 0. The molecule has 0 atom stereocenters. The summed E-state index contributed by atoms with van der Waals surface area (Å²) >= 11 is 2.92. The number of sulfone groups is 1. The van der Waals surface area contributed by atoms with Crippen molar-refractivity contribution >= 4 is 33.4 Å². The minimum absolute atomic E-state index is 0.106. The molecule has 0 amide bonds. The zero-order chi connectivity index (χ0) is 13.9. The van der Waals surface area contributed by atoms with Crippen LogP contribution in [0.15, 0.2) is 38.3 Å². The number of aryl methyl sites for hydroxylation is 1. The van der Waals surface area contributed by atoms with E-state index in [1.165, 1.54) is 23.5 Å². The molecule has 1 aliphatic heterocycles. The second-order valence-corrected chi connectivity index (χ2v) is 8.45. The Morgan fingerprint density at radius 2 is 1.79 bits per heavy atom. The van der Waals surface area contributed by atoms with Crippen molar-refractivity contribution in [2.45, 2.75) is 18.2 Å². The van der Waals surface area contributed by atoms with E-state index >= 15 is 0 Å². The maximum atomic E-state index is 12.5. The fourth-order valence-electron chi connectivity index (χ4n) is 1.61. The fraction of sp³-hybridized carbons (Fsp3) is 0.308. The molecule has 19 heavy (non-hydrogen) atoms. The van der Waals surface area contributed by atoms with Gasteiger partial charge in [0.2, 0.25) is 9.84 Å². The molecule has 1 aromatic rings. The van der Waals surface area contributed by atoms with E-state index in [9.17, 15) is 13.7 Å². The van der Waals surface area contributed by atoms with Crippen LogP contribution in [-0.4, -0.2) is 19.9 Å². The number of nitrogens with zero attached hydrogens (tertiary/aromatic N) is 1. The van der Waals surface area contributed by atoms with Crippen molar-refractivity contribution in [3.63, 3.8) is 0 Å². The first-order valence-corrected chi connectivity index (χ1v) is 9.23. The number of benzene rings is 1. The summed E-state index contributed by atoms with van der Waals surface area (Å²) in [4.78, 5) is 0.0833. The summed E-state index contributed by atoms with van der Waals surface area (Å²) in [6, 6.07) is 8.48. The molecule has 6 heteroatoms. The molecule has 0 unspecified atom stereocenters. The highest BCUT2D eigenvalue weighted by Crippen LogP contribution is 2.39. The van der Waals surface area contributed by atoms with Crippen LogP contribution in [0.2, 0.25) is 0 Å². The number of nitriles is 1. The average molecular weight is 311 g/mol. The van der Waals surface area contributed by atoms with E-state index < -0.39 is 9.84 Å². The van der Waals surface area contributed by atoms with Crippen molar-refractivity contribution in [1.29, 1.82) is 5.26 Å². The molecule has 0 N–H and O–H groups in total. The molecule has 0 spiro atoms. The topological polar surface area (TPSA) is 57.9 Å². The zero-order valence-corrected chi connectivity index (χ0v) is 12.9. The summed E-state index contributed by atoms with van der Waals surface area (Å²) in [5.41, 5.74) is 0.992. The van der Waals surface area contributed by atoms with Crippen LogP contribution in [0.3, 0.4) is 0 Å². The molecule has 0 aromatic heterocycles. The second kappa shape index (κ2) is 6.04. The van der Waals surface area contributed by atoms with Crippen LogP contribution in [0.25, 0.3) is 0 Å². The third-order valence-electron chi connectivity index (χ3n) is 2.64. The molecule has 2 rings (SSSR count). The lowest BCUT2D eigenvalue weighted by atomic mass is 10.2. The van der Waals surface area contributed by atoms with Gasteiger partial charge in [0.05, 0.1) is 9.13 Å². The Hall–Kier alpha value is -0.900. The van der Waals surface area contributed by atoms with E-state index in [0.717, 1.165) is 23.5 Å². The molecule has 100 valence electrons. The van der Waals surface area contributed by atoms with Gasteiger partial charge in [-0.2, -0.15) is 5.26 Å². The first-order chi connectivity index (χ1) is 9.05. The molecular formula is C13H13NO2S3. The molecule has 1 aromatic carbocycles. The Kier molecular flexibility index (Phi) is 4.61. The maximum absolute atomic E-state index is 12.5. The van der Waals surface area contributed by atoms with Crippen LogP contribution < -0.4 is 0 Å². The van der Waals surface area contributed by atoms with Crippen molar-refractivity contribution in [2.75, 3.05) is 11.5 Å². The zero-order valence-electron chi connectivity index (χ0n) is 10.4. The molecule has 0 bridgehead atoms. The van der Waals surface area contributed by atoms with Crippen LogP contribution in [0.4, 0.5) is 0 Å². The van der Waals surface area contributed by atoms with Crippen molar-refractivity contribution in [2.24, 2.45) is 0 Å². The molecule has 0 saturated carbocycles. The van der Waals surface area contributed by atoms with E-state index in [1.54, 1.807) is 24.3 Å². The van der Waals surface area contributed by atoms with E-state index in [4.69, 9.17) is 0 Å². The van der Waals surface area contributed by atoms with Gasteiger partial charge in [0.25, 0.3) is 0 Å². The molecule has 0 aliphatic carbocycles. The standard InChI is InChI=1S/C13H13NO2S3/c1-10-3-5-11(6-4-10)19(15,16)12(9-14)13-17-7-2-8-18-13/h3-6H,2,7-8H2,1H3. The predicted molar refractivity (Wildman–Crippen MR) is 80.5 cm³/mol. The summed E-state index contributed by atoms with van der Waals surface area (Å²) in [5.74, 6) is 1.74. The van der Waals surface area contributed by atoms with Gasteiger partial charge < -0.3 is 0 Å². The smallest absolute Gasteiger partial charge is 0.218 e. The SMILES string of the molecule is Cc1ccc(S(=O)(=O)C(C#N)=C2SCCCS2)cc1. The molecule has 1 heterocycles. The van der Waals surface area contributed by atoms with E-state index in [1.807, 2.05) is 13.0 Å². The second-order valence-electron chi connectivity index (χ2n) is 4.10. The van der Waals surface area contributed by atoms with Gasteiger partial charge in [-0.3, -0.25) is 0 Å². The van der Waals surface area contributed by atoms with E-state index in [0.29, 0.717) is 4.24 Å². The first kappa shape index (κ1) is 14.5. The van der Waals surface area contributed by atoms with Gasteiger partial charge in [0.15, 0.2) is 4.91 Å². The molecular weight excluding hydrogens is 298 g/mol. The number of allylic oxidation sites excluding steroid dienone is 1. The summed E-state index contributed by atoms with van der Waals surface area (Å²) in [6.07, 6.45) is 1.04. The van der Waals surface area contributed by atoms with Crippen molar-refractivity contribution in [1.82, 2.24) is 0 Å². The third kappa shape index (κ3) is 3.16. The minimum atomic E-state index is -3.69. The monoisotopic (exact) mass is 311 g/mol. The summed E-state index contributed by atoms with van der Waals surface area (Å²) in [5, 5.41) is 9.22. The molecule has 3 nitrogen and oxygen atoms in total. The average Bonchev–Trinajstić information content (AvgIpc) is 2.41. The summed E-state index contributed by atoms with van der Waals surface area (Å²) < 4.78 is 25.6. The Bertz CT molecular complexity index is 631. The first-order valence-electron chi connectivity index (χ1n) is 5.77. The van der Waals surface area contributed by atoms with Gasteiger partial charge in [-0.15, -0.1) is 23.5 Å². The van der Waals surface area contributed by atoms with Crippen LogP contribution in [0, 0.1) is 18.3 Å². The van der Waals surface area contributed by atoms with Gasteiger partial charge in [0.1, 0.15) is 6.07 Å². The Labute approximate surface area is 122 Å². The molecule has 0 radical (unpaired) electrons. The fourth-order valence-corrected chi connectivity index (χ4v) is 6.01. The molecule has 1 aliphatic rings. The highest BCUT2D eigenvalue weighted by Gasteiger charge is 2.26. The van der Waals surface area contributed by atoms with E-state index in [-0.39, 0.29) is 9.80 Å². The van der Waals surface area contributed by atoms with Crippen LogP contribution in [0.1, 0.15) is 12.0 Å². The molecule has 1 saturated heterocycles. The maximum Gasteiger partial charge on any atom is 0.218 e. The minimum Gasteiger partial charge on any atom is -0.218 e. The predicted octanol–water partition coefficient (Wildman–Crippen LogP) is 3.33. The lowest BCUT2D eigenvalue weighted by Crippen LogP contribution is -2.07. The number of thioether (sulfide) groups is 2. The largest absolute Gasteiger partial charge is 0.218 e. The van der Waals surface area contributed by atoms with Crippen LogP contribution in [-0.2, 0) is 9.84 Å². The van der Waals surface area contributed by atoms with Crippen LogP contribution >= 0.6 is 23.5 Å². The van der Waals surface area contributed by atoms with Crippen LogP contribution in [0.5, 0.6) is 0 Å². The highest BCUT2D eigenvalue weighted by molar-refractivity contribution is 8.23. The lowest BCUT2D eigenvalue weighted by molar-refractivity contribution is 0.603.